The Bertz CT molecular complexity index is 1220. The van der Waals surface area contributed by atoms with Gasteiger partial charge in [-0.1, -0.05) is 6.07 Å². The van der Waals surface area contributed by atoms with Crippen LogP contribution in [-0.4, -0.2) is 62.8 Å². The number of ketones is 1. The number of pyridine rings is 1. The van der Waals surface area contributed by atoms with E-state index in [1.807, 2.05) is 57.8 Å². The molecule has 0 aliphatic rings. The van der Waals surface area contributed by atoms with E-state index in [-0.39, 0.29) is 12.2 Å². The van der Waals surface area contributed by atoms with Gasteiger partial charge in [0.2, 0.25) is 0 Å². The van der Waals surface area contributed by atoms with Crippen LogP contribution < -0.4 is 5.32 Å². The number of anilines is 1. The number of benzene rings is 1. The van der Waals surface area contributed by atoms with Gasteiger partial charge >= 0.3 is 0 Å². The minimum atomic E-state index is -0.0184. The number of carbonyl (C=O) groups excluding carboxylic acids is 1. The van der Waals surface area contributed by atoms with Gasteiger partial charge in [-0.3, -0.25) is 9.48 Å². The third kappa shape index (κ3) is 5.10. The Balaban J connectivity index is 1.50. The van der Waals surface area contributed by atoms with E-state index in [0.717, 1.165) is 35.1 Å². The average molecular weight is 416 g/mol. The SMILES string of the molecule is CN(C)CCNc1cc(C(=O)Cc2cc3cc(-c4cnn(C)c4)ccc3nn2)ccn1. The number of aromatic nitrogens is 5. The van der Waals surface area contributed by atoms with Crippen molar-refractivity contribution in [2.24, 2.45) is 7.05 Å². The van der Waals surface area contributed by atoms with Crippen molar-refractivity contribution in [2.45, 2.75) is 6.42 Å². The van der Waals surface area contributed by atoms with Gasteiger partial charge in [0, 0.05) is 49.0 Å². The maximum atomic E-state index is 12.8. The third-order valence-electron chi connectivity index (χ3n) is 4.96. The number of hydrogen-bond acceptors (Lipinski definition) is 7. The molecule has 3 heterocycles. The fourth-order valence-corrected chi connectivity index (χ4v) is 3.30. The second-order valence-corrected chi connectivity index (χ2v) is 7.77. The molecule has 158 valence electrons. The summed E-state index contributed by atoms with van der Waals surface area (Å²) >= 11 is 0. The van der Waals surface area contributed by atoms with Crippen LogP contribution in [-0.2, 0) is 13.5 Å². The summed E-state index contributed by atoms with van der Waals surface area (Å²) in [7, 11) is 5.92. The molecule has 0 unspecified atom stereocenters. The largest absolute Gasteiger partial charge is 0.369 e. The lowest BCUT2D eigenvalue weighted by atomic mass is 10.0. The van der Waals surface area contributed by atoms with E-state index in [4.69, 9.17) is 0 Å². The van der Waals surface area contributed by atoms with Crippen molar-refractivity contribution < 1.29 is 4.79 Å². The number of rotatable bonds is 8. The van der Waals surface area contributed by atoms with Crippen LogP contribution in [0.1, 0.15) is 16.1 Å². The highest BCUT2D eigenvalue weighted by atomic mass is 16.1. The molecule has 1 aromatic carbocycles. The summed E-state index contributed by atoms with van der Waals surface area (Å²) in [6.45, 7) is 1.64. The van der Waals surface area contributed by atoms with Crippen LogP contribution in [0.5, 0.6) is 0 Å². The lowest BCUT2D eigenvalue weighted by molar-refractivity contribution is 0.0991. The quantitative estimate of drug-likeness (QED) is 0.443. The smallest absolute Gasteiger partial charge is 0.169 e. The zero-order chi connectivity index (χ0) is 21.8. The van der Waals surface area contributed by atoms with E-state index in [0.29, 0.717) is 17.1 Å². The molecule has 1 N–H and O–H groups in total. The Morgan fingerprint density at radius 2 is 1.97 bits per heavy atom. The first-order valence-electron chi connectivity index (χ1n) is 10.1. The number of nitrogens with one attached hydrogen (secondary N) is 1. The molecule has 0 amide bonds. The van der Waals surface area contributed by atoms with Gasteiger partial charge in [-0.15, -0.1) is 0 Å². The summed E-state index contributed by atoms with van der Waals surface area (Å²) in [6, 6.07) is 11.4. The summed E-state index contributed by atoms with van der Waals surface area (Å²) in [6.07, 6.45) is 5.63. The molecular weight excluding hydrogens is 390 g/mol. The Hall–Kier alpha value is -3.65. The number of likely N-dealkylation sites (N-methyl/N-ethyl adjacent to an activating group) is 1. The summed E-state index contributed by atoms with van der Waals surface area (Å²) in [5.74, 6) is 0.675. The molecule has 4 rings (SSSR count). The van der Waals surface area contributed by atoms with Crippen molar-refractivity contribution in [1.82, 2.24) is 29.9 Å². The Morgan fingerprint density at radius 3 is 2.74 bits per heavy atom. The first kappa shape index (κ1) is 20.6. The standard InChI is InChI=1S/C23H25N7O/c1-29(2)9-8-25-23-12-17(6-7-24-23)22(31)13-20-11-18-10-16(4-5-21(18)28-27-20)19-14-26-30(3)15-19/h4-7,10-12,14-15H,8-9,13H2,1-3H3,(H,24,25). The fraction of sp³-hybridized carbons (Fsp3) is 0.261. The van der Waals surface area contributed by atoms with Gasteiger partial charge < -0.3 is 10.2 Å². The molecule has 0 fully saturated rings. The maximum absolute atomic E-state index is 12.8. The van der Waals surface area contributed by atoms with E-state index >= 15 is 0 Å². The lowest BCUT2D eigenvalue weighted by Crippen LogP contribution is -2.21. The molecule has 0 spiro atoms. The van der Waals surface area contributed by atoms with Crippen molar-refractivity contribution >= 4 is 22.5 Å². The number of carbonyl (C=O) groups is 1. The van der Waals surface area contributed by atoms with E-state index in [9.17, 15) is 4.79 Å². The highest BCUT2D eigenvalue weighted by Gasteiger charge is 2.11. The fourth-order valence-electron chi connectivity index (χ4n) is 3.30. The second kappa shape index (κ2) is 9.01. The Kier molecular flexibility index (Phi) is 5.99. The molecule has 0 aliphatic carbocycles. The maximum Gasteiger partial charge on any atom is 0.169 e. The number of nitrogens with zero attached hydrogens (tertiary/aromatic N) is 6. The first-order valence-corrected chi connectivity index (χ1v) is 10.1. The van der Waals surface area contributed by atoms with E-state index in [1.54, 1.807) is 23.0 Å². The first-order chi connectivity index (χ1) is 15.0. The molecule has 0 saturated heterocycles. The average Bonchev–Trinajstić information content (AvgIpc) is 3.19. The normalized spacial score (nSPS) is 11.2. The predicted octanol–water partition coefficient (Wildman–Crippen LogP) is 2.82. The van der Waals surface area contributed by atoms with Crippen LogP contribution >= 0.6 is 0 Å². The van der Waals surface area contributed by atoms with Gasteiger partial charge in [0.1, 0.15) is 5.82 Å². The van der Waals surface area contributed by atoms with Crippen molar-refractivity contribution in [1.29, 1.82) is 0 Å². The van der Waals surface area contributed by atoms with Crippen LogP contribution in [0.3, 0.4) is 0 Å². The number of Topliss-reactive ketones (excluding diaryl/α,β-unsaturated/α-hetero) is 1. The zero-order valence-electron chi connectivity index (χ0n) is 17.9. The number of aryl methyl sites for hydroxylation is 1. The number of hydrogen-bond donors (Lipinski definition) is 1. The van der Waals surface area contributed by atoms with Gasteiger partial charge in [-0.25, -0.2) is 4.98 Å². The lowest BCUT2D eigenvalue weighted by Gasteiger charge is -2.11. The summed E-state index contributed by atoms with van der Waals surface area (Å²) in [5, 5.41) is 17.0. The van der Waals surface area contributed by atoms with Gasteiger partial charge in [0.15, 0.2) is 5.78 Å². The van der Waals surface area contributed by atoms with Crippen molar-refractivity contribution in [3.8, 4) is 11.1 Å². The third-order valence-corrected chi connectivity index (χ3v) is 4.96. The highest BCUT2D eigenvalue weighted by Crippen LogP contribution is 2.23. The molecule has 0 bridgehead atoms. The monoisotopic (exact) mass is 415 g/mol. The molecule has 0 saturated carbocycles. The topological polar surface area (TPSA) is 88.8 Å². The van der Waals surface area contributed by atoms with Gasteiger partial charge in [-0.05, 0) is 50.0 Å². The second-order valence-electron chi connectivity index (χ2n) is 7.77. The van der Waals surface area contributed by atoms with E-state index < -0.39 is 0 Å². The minimum Gasteiger partial charge on any atom is -0.369 e. The van der Waals surface area contributed by atoms with Gasteiger partial charge in [0.05, 0.1) is 23.8 Å². The van der Waals surface area contributed by atoms with Gasteiger partial charge in [0.25, 0.3) is 0 Å². The molecule has 8 nitrogen and oxygen atoms in total. The van der Waals surface area contributed by atoms with Crippen molar-refractivity contribution in [2.75, 3.05) is 32.5 Å². The molecule has 3 aromatic heterocycles. The van der Waals surface area contributed by atoms with E-state index in [1.165, 1.54) is 0 Å². The van der Waals surface area contributed by atoms with Crippen LogP contribution in [0.25, 0.3) is 22.0 Å². The minimum absolute atomic E-state index is 0.0184. The van der Waals surface area contributed by atoms with Crippen LogP contribution in [0.4, 0.5) is 5.82 Å². The number of fused-ring (bicyclic) bond motifs is 1. The molecule has 8 heteroatoms. The Labute approximate surface area is 180 Å². The van der Waals surface area contributed by atoms with Crippen LogP contribution in [0.2, 0.25) is 0 Å². The summed E-state index contributed by atoms with van der Waals surface area (Å²) < 4.78 is 1.77. The van der Waals surface area contributed by atoms with E-state index in [2.05, 4.69) is 30.5 Å². The highest BCUT2D eigenvalue weighted by molar-refractivity contribution is 5.98. The molecule has 0 aliphatic heterocycles. The summed E-state index contributed by atoms with van der Waals surface area (Å²) in [4.78, 5) is 19.2. The van der Waals surface area contributed by atoms with Crippen LogP contribution in [0.15, 0.2) is 55.0 Å². The van der Waals surface area contributed by atoms with Crippen LogP contribution in [0, 0.1) is 0 Å². The Morgan fingerprint density at radius 1 is 1.10 bits per heavy atom. The molecular formula is C23H25N7O. The van der Waals surface area contributed by atoms with Crippen molar-refractivity contribution in [3.05, 3.63) is 66.2 Å². The van der Waals surface area contributed by atoms with Gasteiger partial charge in [-0.2, -0.15) is 15.3 Å². The van der Waals surface area contributed by atoms with Crippen molar-refractivity contribution in [3.63, 3.8) is 0 Å². The molecule has 31 heavy (non-hydrogen) atoms. The summed E-state index contributed by atoms with van der Waals surface area (Å²) in [5.41, 5.74) is 4.12. The molecule has 0 radical (unpaired) electrons. The zero-order valence-corrected chi connectivity index (χ0v) is 17.9. The molecule has 0 atom stereocenters. The molecule has 4 aromatic rings. The predicted molar refractivity (Wildman–Crippen MR) is 121 cm³/mol.